The number of hydrogen-bond acceptors (Lipinski definition) is 11. The molecule has 2 N–H and O–H groups in total. The Bertz CT molecular complexity index is 3630. The van der Waals surface area contributed by atoms with Gasteiger partial charge in [-0.1, -0.05) is 75.7 Å². The van der Waals surface area contributed by atoms with E-state index < -0.39 is 11.4 Å². The molecule has 0 aliphatic heterocycles. The van der Waals surface area contributed by atoms with E-state index in [1.807, 2.05) is 84.9 Å². The van der Waals surface area contributed by atoms with Gasteiger partial charge in [0.25, 0.3) is 28.7 Å². The van der Waals surface area contributed by atoms with E-state index in [4.69, 9.17) is 10.1 Å². The summed E-state index contributed by atoms with van der Waals surface area (Å²) in [7, 11) is 3.23. The van der Waals surface area contributed by atoms with Gasteiger partial charge in [-0.3, -0.25) is 46.8 Å². The Labute approximate surface area is 509 Å². The van der Waals surface area contributed by atoms with Crippen molar-refractivity contribution in [3.63, 3.8) is 0 Å². The van der Waals surface area contributed by atoms with Crippen LogP contribution < -0.4 is 152 Å². The van der Waals surface area contributed by atoms with E-state index in [2.05, 4.69) is 47.4 Å². The third-order valence-corrected chi connectivity index (χ3v) is 12.8. The molecular weight excluding hydrogens is 1090 g/mol. The number of rotatable bonds is 9. The average Bonchev–Trinajstić information content (AvgIpc) is 4.30. The molecule has 2 aliphatic rings. The van der Waals surface area contributed by atoms with E-state index in [1.54, 1.807) is 52.2 Å². The maximum Gasteiger partial charge on any atom is 1.00 e. The van der Waals surface area contributed by atoms with Gasteiger partial charge in [0.2, 0.25) is 0 Å². The van der Waals surface area contributed by atoms with Crippen molar-refractivity contribution in [3.05, 3.63) is 192 Å². The second-order valence-corrected chi connectivity index (χ2v) is 18.1. The summed E-state index contributed by atoms with van der Waals surface area (Å²) >= 11 is 6.84. The Hall–Kier alpha value is -4.08. The van der Waals surface area contributed by atoms with Crippen LogP contribution in [-0.4, -0.2) is 33.9 Å². The van der Waals surface area contributed by atoms with Gasteiger partial charge < -0.3 is 22.2 Å². The van der Waals surface area contributed by atoms with Crippen LogP contribution in [0.2, 0.25) is 0 Å². The summed E-state index contributed by atoms with van der Waals surface area (Å²) in [6.45, 7) is 3.18. The maximum absolute atomic E-state index is 13.7. The van der Waals surface area contributed by atoms with Crippen molar-refractivity contribution < 1.29 is 119 Å². The van der Waals surface area contributed by atoms with Gasteiger partial charge in [-0.15, -0.1) is 0 Å². The summed E-state index contributed by atoms with van der Waals surface area (Å²) < 4.78 is 10.3. The second-order valence-electron chi connectivity index (χ2n) is 16.3. The van der Waals surface area contributed by atoms with Crippen molar-refractivity contribution in [2.24, 2.45) is 14.1 Å². The van der Waals surface area contributed by atoms with Crippen LogP contribution in [0.25, 0.3) is 33.3 Å². The number of anilines is 4. The first-order chi connectivity index (χ1) is 32.7. The van der Waals surface area contributed by atoms with Gasteiger partial charge in [-0.2, -0.15) is 0 Å². The standard InChI is InChI=1S/2C24H21BrN4O3.CH2O3.CH4.2K.H/c1-14-20-19(21(27(2)22(14)30)26-16-10-8-15(25)9-11-16)23(31)29(18-12-13-18)24(32)28(20)17-6-4-3-5-7-17;1-14-20(26-16-6-4-3-5-7-16)19-21(27(2)22(14)30)28(17-10-8-15(25)9-11-17)24(32)29(23(19)31)18-12-13-18;2-1-4-3;;;;/h2*3-11,18,26H,12-13H2,1-2H3;1,3H;1H4;;;/q;;;;2*+1;-1/p-1. The zero-order valence-corrected chi connectivity index (χ0v) is 48.5. The van der Waals surface area contributed by atoms with Crippen LogP contribution in [0.5, 0.6) is 0 Å². The van der Waals surface area contributed by atoms with Crippen molar-refractivity contribution in [1.29, 1.82) is 0 Å². The molecule has 0 atom stereocenters. The first kappa shape index (κ1) is 57.8. The molecular formula is C50H48Br2K2N8O9. The van der Waals surface area contributed by atoms with Crippen molar-refractivity contribution in [1.82, 2.24) is 27.4 Å². The fraction of sp³-hybridized carbons (Fsp3) is 0.220. The number of halogens is 2. The number of hydrogen-bond donors (Lipinski definition) is 2. The number of fused-ring (bicyclic) bond motifs is 2. The van der Waals surface area contributed by atoms with Crippen LogP contribution in [0.3, 0.4) is 0 Å². The van der Waals surface area contributed by atoms with Crippen molar-refractivity contribution in [3.8, 4) is 11.4 Å². The molecule has 21 heteroatoms. The monoisotopic (exact) mass is 1140 g/mol. The maximum atomic E-state index is 13.7. The first-order valence-electron chi connectivity index (χ1n) is 21.4. The molecule has 0 radical (unpaired) electrons. The minimum Gasteiger partial charge on any atom is -1.00 e. The molecule has 10 rings (SSSR count). The van der Waals surface area contributed by atoms with Gasteiger partial charge in [0.05, 0.1) is 22.6 Å². The molecule has 0 saturated heterocycles. The number of aromatic nitrogens is 6. The number of aryl methyl sites for hydroxylation is 2. The largest absolute Gasteiger partial charge is 1.00 e. The molecule has 4 heterocycles. The van der Waals surface area contributed by atoms with Crippen molar-refractivity contribution >= 4 is 83.1 Å². The third kappa shape index (κ3) is 11.8. The molecule has 0 spiro atoms. The van der Waals surface area contributed by atoms with Crippen LogP contribution in [0.4, 0.5) is 22.9 Å². The van der Waals surface area contributed by atoms with E-state index in [1.165, 1.54) is 27.4 Å². The molecule has 0 bridgehead atoms. The summed E-state index contributed by atoms with van der Waals surface area (Å²) in [5, 5.41) is 15.6. The Morgan fingerprint density at radius 1 is 0.592 bits per heavy atom. The number of nitrogens with one attached hydrogen (secondary N) is 2. The van der Waals surface area contributed by atoms with Gasteiger partial charge in [0.1, 0.15) is 22.2 Å². The molecule has 2 aliphatic carbocycles. The van der Waals surface area contributed by atoms with E-state index in [9.17, 15) is 28.8 Å². The van der Waals surface area contributed by atoms with Crippen LogP contribution in [0.15, 0.2) is 147 Å². The van der Waals surface area contributed by atoms with Crippen molar-refractivity contribution in [2.75, 3.05) is 10.6 Å². The third-order valence-electron chi connectivity index (χ3n) is 11.8. The molecule has 2 saturated carbocycles. The van der Waals surface area contributed by atoms with E-state index in [0.29, 0.717) is 50.3 Å². The number of para-hydroxylation sites is 2. The van der Waals surface area contributed by atoms with E-state index in [-0.39, 0.29) is 158 Å². The number of pyridine rings is 2. The van der Waals surface area contributed by atoms with Gasteiger partial charge >= 0.3 is 114 Å². The fourth-order valence-corrected chi connectivity index (χ4v) is 8.72. The predicted octanol–water partition coefficient (Wildman–Crippen LogP) is 1.19. The molecule has 0 unspecified atom stereocenters. The molecule has 71 heavy (non-hydrogen) atoms. The number of benzene rings is 4. The number of nitrogens with zero attached hydrogens (tertiary/aromatic N) is 6. The fourth-order valence-electron chi connectivity index (χ4n) is 8.19. The summed E-state index contributed by atoms with van der Waals surface area (Å²) in [6.07, 6.45) is 3.14. The Morgan fingerprint density at radius 2 is 1.03 bits per heavy atom. The number of carbonyl (C=O) groups is 1. The van der Waals surface area contributed by atoms with E-state index in [0.717, 1.165) is 46.0 Å². The number of carbonyl (C=O) groups excluding carboxylic acids is 1. The minimum atomic E-state index is -0.433. The molecule has 8 aromatic rings. The van der Waals surface area contributed by atoms with E-state index >= 15 is 0 Å². The molecule has 17 nitrogen and oxygen atoms in total. The predicted molar refractivity (Wildman–Crippen MR) is 274 cm³/mol. The molecule has 4 aromatic carbocycles. The Morgan fingerprint density at radius 3 is 1.54 bits per heavy atom. The van der Waals surface area contributed by atoms with Gasteiger partial charge in [0.15, 0.2) is 0 Å². The van der Waals surface area contributed by atoms with Crippen LogP contribution in [0, 0.1) is 13.8 Å². The Kier molecular flexibility index (Phi) is 20.2. The summed E-state index contributed by atoms with van der Waals surface area (Å²) in [4.78, 5) is 92.1. The van der Waals surface area contributed by atoms with Gasteiger partial charge in [-0.05, 0) is 112 Å². The smallest absolute Gasteiger partial charge is 1.00 e. The Balaban J connectivity index is 0.000000277. The molecule has 0 amide bonds. The summed E-state index contributed by atoms with van der Waals surface area (Å²) in [5.74, 6) is 0.363. The van der Waals surface area contributed by atoms with Crippen LogP contribution in [0.1, 0.15) is 57.7 Å². The topological polar surface area (TPSA) is 205 Å². The van der Waals surface area contributed by atoms with Gasteiger partial charge in [0, 0.05) is 57.6 Å². The van der Waals surface area contributed by atoms with Crippen LogP contribution >= 0.6 is 31.9 Å². The second kappa shape index (κ2) is 24.8. The van der Waals surface area contributed by atoms with Crippen molar-refractivity contribution in [2.45, 2.75) is 59.0 Å². The molecule has 358 valence electrons. The molecule has 2 fully saturated rings. The SMILES string of the molecule is C.Cc1c(=O)n(C)c(Nc2ccc(Br)cc2)c2c(=O)n(C3CC3)c(=O)n(-c3ccccc3)c12.Cc1c(Nc2ccccc2)c2c(=O)n(C3CC3)c(=O)n(-c3ccc(Br)cc3)c2n(C)c1=O.O=CO[O-].[H-].[K+].[K+]. The minimum absolute atomic E-state index is 0. The molecule has 4 aromatic heterocycles. The normalized spacial score (nSPS) is 12.4. The summed E-state index contributed by atoms with van der Waals surface area (Å²) in [5.41, 5.74) is 2.34. The van der Waals surface area contributed by atoms with Gasteiger partial charge in [-0.25, -0.2) is 14.2 Å². The summed E-state index contributed by atoms with van der Waals surface area (Å²) in [6, 6.07) is 33.0. The average molecular weight is 1140 g/mol. The zero-order chi connectivity index (χ0) is 48.6. The quantitative estimate of drug-likeness (QED) is 0.0910. The van der Waals surface area contributed by atoms with Crippen LogP contribution in [-0.2, 0) is 23.8 Å². The first-order valence-corrected chi connectivity index (χ1v) is 23.0. The zero-order valence-electron chi connectivity index (χ0n) is 40.1.